The lowest BCUT2D eigenvalue weighted by atomic mass is 10.4. The molecule has 0 radical (unpaired) electrons. The second-order valence-corrected chi connectivity index (χ2v) is 2.70. The fourth-order valence-corrected chi connectivity index (χ4v) is 0.443. The molecule has 0 bridgehead atoms. The second-order valence-electron chi connectivity index (χ2n) is 2.27. The minimum Gasteiger partial charge on any atom is -0.391 e. The zero-order valence-electron chi connectivity index (χ0n) is 6.12. The number of alkyl halides is 1. The third kappa shape index (κ3) is 4.99. The molecule has 0 aliphatic rings. The van der Waals surface area contributed by atoms with Crippen LogP contribution in [0, 0.1) is 0 Å². The summed E-state index contributed by atoms with van der Waals surface area (Å²) in [5, 5.41) is 17.5. The van der Waals surface area contributed by atoms with Gasteiger partial charge in [-0.15, -0.1) is 0 Å². The maximum Gasteiger partial charge on any atom is 0.156 e. The van der Waals surface area contributed by atoms with Gasteiger partial charge < -0.3 is 14.9 Å². The highest BCUT2D eigenvalue weighted by Crippen LogP contribution is 2.04. The Morgan fingerprint density at radius 2 is 1.90 bits per heavy atom. The molecular weight excluding hydrogens is 156 g/mol. The third-order valence-electron chi connectivity index (χ3n) is 0.876. The van der Waals surface area contributed by atoms with Crippen molar-refractivity contribution in [2.45, 2.75) is 31.6 Å². The van der Waals surface area contributed by atoms with Crippen LogP contribution < -0.4 is 0 Å². The highest BCUT2D eigenvalue weighted by atomic mass is 35.5. The van der Waals surface area contributed by atoms with E-state index in [1.807, 2.05) is 0 Å². The Labute approximate surface area is 65.6 Å². The predicted octanol–water partition coefficient (Wildman–Crippen LogP) is 0.330. The summed E-state index contributed by atoms with van der Waals surface area (Å²) < 4.78 is 4.83. The highest BCUT2D eigenvalue weighted by Gasteiger charge is 2.11. The van der Waals surface area contributed by atoms with Gasteiger partial charge in [0.05, 0.1) is 18.8 Å². The molecule has 0 aliphatic heterocycles. The van der Waals surface area contributed by atoms with E-state index in [1.165, 1.54) is 6.92 Å². The zero-order valence-corrected chi connectivity index (χ0v) is 6.88. The molecule has 0 heterocycles. The first kappa shape index (κ1) is 10.2. The summed E-state index contributed by atoms with van der Waals surface area (Å²) in [4.78, 5) is 0. The van der Waals surface area contributed by atoms with Crippen LogP contribution in [0.15, 0.2) is 0 Å². The van der Waals surface area contributed by atoms with Gasteiger partial charge in [0.2, 0.25) is 0 Å². The van der Waals surface area contributed by atoms with Crippen LogP contribution in [0.5, 0.6) is 0 Å². The van der Waals surface area contributed by atoms with E-state index in [1.54, 1.807) is 6.92 Å². The zero-order chi connectivity index (χ0) is 8.15. The highest BCUT2D eigenvalue weighted by molar-refractivity contribution is 6.20. The molecule has 4 heteroatoms. The molecule has 10 heavy (non-hydrogen) atoms. The summed E-state index contributed by atoms with van der Waals surface area (Å²) in [6, 6.07) is 0. The minimum atomic E-state index is -0.727. The van der Waals surface area contributed by atoms with Crippen molar-refractivity contribution >= 4 is 11.6 Å². The van der Waals surface area contributed by atoms with Crippen molar-refractivity contribution in [3.8, 4) is 0 Å². The quantitative estimate of drug-likeness (QED) is 0.595. The van der Waals surface area contributed by atoms with Gasteiger partial charge in [0, 0.05) is 0 Å². The summed E-state index contributed by atoms with van der Waals surface area (Å²) in [5.41, 5.74) is -0.727. The Hall–Kier alpha value is 0.170. The summed E-state index contributed by atoms with van der Waals surface area (Å²) in [7, 11) is 0. The molecule has 3 nitrogen and oxygen atoms in total. The summed E-state index contributed by atoms with van der Waals surface area (Å²) >= 11 is 5.48. The van der Waals surface area contributed by atoms with Crippen LogP contribution in [0.25, 0.3) is 0 Å². The van der Waals surface area contributed by atoms with Crippen molar-refractivity contribution < 1.29 is 14.9 Å². The molecule has 3 atom stereocenters. The van der Waals surface area contributed by atoms with E-state index < -0.39 is 17.8 Å². The van der Waals surface area contributed by atoms with Gasteiger partial charge in [-0.3, -0.25) is 0 Å². The third-order valence-corrected chi connectivity index (χ3v) is 1.37. The first-order valence-electron chi connectivity index (χ1n) is 3.16. The molecule has 0 saturated carbocycles. The molecule has 0 fully saturated rings. The normalized spacial score (nSPS) is 20.1. The first-order chi connectivity index (χ1) is 4.54. The van der Waals surface area contributed by atoms with Crippen molar-refractivity contribution in [3.05, 3.63) is 0 Å². The molecule has 0 amide bonds. The number of aliphatic hydroxyl groups is 2. The van der Waals surface area contributed by atoms with Crippen LogP contribution in [0.1, 0.15) is 13.8 Å². The standard InChI is InChI=1S/C6H13ClO3/c1-4(8)3-10-6(7)5(2)9/h4-6,8-9H,3H2,1-2H3/t4?,5?,6-/m0/s1. The van der Waals surface area contributed by atoms with Crippen LogP contribution in [-0.2, 0) is 4.74 Å². The molecule has 0 spiro atoms. The van der Waals surface area contributed by atoms with Crippen LogP contribution >= 0.6 is 11.6 Å². The van der Waals surface area contributed by atoms with Gasteiger partial charge in [-0.25, -0.2) is 0 Å². The molecule has 0 aromatic rings. The Morgan fingerprint density at radius 3 is 2.20 bits per heavy atom. The summed E-state index contributed by atoms with van der Waals surface area (Å²) in [5.74, 6) is 0. The molecule has 2 N–H and O–H groups in total. The van der Waals surface area contributed by atoms with E-state index >= 15 is 0 Å². The topological polar surface area (TPSA) is 49.7 Å². The van der Waals surface area contributed by atoms with Crippen molar-refractivity contribution in [1.82, 2.24) is 0 Å². The van der Waals surface area contributed by atoms with Crippen molar-refractivity contribution in [2.75, 3.05) is 6.61 Å². The average Bonchev–Trinajstić information content (AvgIpc) is 1.82. The number of hydrogen-bond donors (Lipinski definition) is 2. The first-order valence-corrected chi connectivity index (χ1v) is 3.59. The lowest BCUT2D eigenvalue weighted by Gasteiger charge is -2.14. The van der Waals surface area contributed by atoms with Gasteiger partial charge in [0.25, 0.3) is 0 Å². The number of hydrogen-bond acceptors (Lipinski definition) is 3. The van der Waals surface area contributed by atoms with Gasteiger partial charge in [0.15, 0.2) is 5.56 Å². The maximum absolute atomic E-state index is 8.80. The number of ether oxygens (including phenoxy) is 1. The Kier molecular flexibility index (Phi) is 4.99. The van der Waals surface area contributed by atoms with Crippen molar-refractivity contribution in [2.24, 2.45) is 0 Å². The molecule has 0 saturated heterocycles. The predicted molar refractivity (Wildman–Crippen MR) is 39.0 cm³/mol. The number of halogens is 1. The average molecular weight is 169 g/mol. The largest absolute Gasteiger partial charge is 0.391 e. The fraction of sp³-hybridized carbons (Fsp3) is 1.00. The summed E-state index contributed by atoms with van der Waals surface area (Å²) in [6.07, 6.45) is -1.25. The van der Waals surface area contributed by atoms with Gasteiger partial charge in [-0.2, -0.15) is 0 Å². The second kappa shape index (κ2) is 4.91. The molecular formula is C6H13ClO3. The monoisotopic (exact) mass is 168 g/mol. The van der Waals surface area contributed by atoms with Crippen LogP contribution in [0.2, 0.25) is 0 Å². The lowest BCUT2D eigenvalue weighted by molar-refractivity contribution is -0.0177. The van der Waals surface area contributed by atoms with Crippen LogP contribution in [-0.4, -0.2) is 34.6 Å². The van der Waals surface area contributed by atoms with Gasteiger partial charge in [0.1, 0.15) is 0 Å². The van der Waals surface area contributed by atoms with Crippen molar-refractivity contribution in [3.63, 3.8) is 0 Å². The van der Waals surface area contributed by atoms with E-state index in [0.717, 1.165) is 0 Å². The van der Waals surface area contributed by atoms with E-state index in [9.17, 15) is 0 Å². The lowest BCUT2D eigenvalue weighted by Crippen LogP contribution is -2.24. The molecule has 0 rings (SSSR count). The molecule has 0 aliphatic carbocycles. The van der Waals surface area contributed by atoms with Gasteiger partial charge >= 0.3 is 0 Å². The Bertz CT molecular complexity index is 85.1. The fourth-order valence-electron chi connectivity index (χ4n) is 0.370. The number of rotatable bonds is 4. The van der Waals surface area contributed by atoms with Crippen LogP contribution in [0.4, 0.5) is 0 Å². The van der Waals surface area contributed by atoms with Gasteiger partial charge in [-0.1, -0.05) is 11.6 Å². The van der Waals surface area contributed by atoms with Gasteiger partial charge in [-0.05, 0) is 13.8 Å². The van der Waals surface area contributed by atoms with E-state index in [0.29, 0.717) is 0 Å². The molecule has 2 unspecified atom stereocenters. The molecule has 62 valence electrons. The Morgan fingerprint density at radius 1 is 1.40 bits per heavy atom. The molecule has 0 aromatic carbocycles. The number of aliphatic hydroxyl groups excluding tert-OH is 2. The van der Waals surface area contributed by atoms with Crippen LogP contribution in [0.3, 0.4) is 0 Å². The smallest absolute Gasteiger partial charge is 0.156 e. The SMILES string of the molecule is CC(O)CO[C@H](Cl)C(C)O. The van der Waals surface area contributed by atoms with E-state index in [4.69, 9.17) is 26.6 Å². The maximum atomic E-state index is 8.80. The van der Waals surface area contributed by atoms with E-state index in [-0.39, 0.29) is 6.61 Å². The van der Waals surface area contributed by atoms with Crippen molar-refractivity contribution in [1.29, 1.82) is 0 Å². The molecule has 0 aromatic heterocycles. The minimum absolute atomic E-state index is 0.152. The Balaban J connectivity index is 3.30. The van der Waals surface area contributed by atoms with E-state index in [2.05, 4.69) is 0 Å². The summed E-state index contributed by atoms with van der Waals surface area (Å²) in [6.45, 7) is 3.27.